The van der Waals surface area contributed by atoms with Crippen molar-refractivity contribution in [3.05, 3.63) is 34.9 Å². The van der Waals surface area contributed by atoms with Gasteiger partial charge in [0.05, 0.1) is 6.42 Å². The van der Waals surface area contributed by atoms with Crippen LogP contribution in [0, 0.1) is 5.92 Å². The molecule has 1 aromatic carbocycles. The third kappa shape index (κ3) is 3.46. The summed E-state index contributed by atoms with van der Waals surface area (Å²) in [4.78, 5) is 14.5. The molecule has 1 aliphatic carbocycles. The van der Waals surface area contributed by atoms with Crippen molar-refractivity contribution in [3.8, 4) is 0 Å². The third-order valence-electron chi connectivity index (χ3n) is 4.93. The molecule has 0 radical (unpaired) electrons. The summed E-state index contributed by atoms with van der Waals surface area (Å²) in [6.07, 6.45) is 7.17. The fourth-order valence-electron chi connectivity index (χ4n) is 3.73. The van der Waals surface area contributed by atoms with E-state index in [1.165, 1.54) is 30.4 Å². The fraction of sp³-hybridized carbons (Fsp3) is 0.611. The lowest BCUT2D eigenvalue weighted by molar-refractivity contribution is -0.132. The number of aliphatic hydroxyl groups excluding tert-OH is 1. The monoisotopic (exact) mass is 287 g/mol. The Balaban J connectivity index is 1.60. The number of fused-ring (bicyclic) bond motifs is 1. The van der Waals surface area contributed by atoms with Gasteiger partial charge in [-0.15, -0.1) is 0 Å². The zero-order valence-corrected chi connectivity index (χ0v) is 12.7. The van der Waals surface area contributed by atoms with Crippen molar-refractivity contribution in [2.75, 3.05) is 19.7 Å². The predicted octanol–water partition coefficient (Wildman–Crippen LogP) is 2.34. The van der Waals surface area contributed by atoms with E-state index in [9.17, 15) is 4.79 Å². The topological polar surface area (TPSA) is 40.5 Å². The number of piperidine rings is 1. The summed E-state index contributed by atoms with van der Waals surface area (Å²) in [6, 6.07) is 6.56. The lowest BCUT2D eigenvalue weighted by Crippen LogP contribution is -2.40. The lowest BCUT2D eigenvalue weighted by Gasteiger charge is -2.32. The number of aliphatic hydroxyl groups is 1. The lowest BCUT2D eigenvalue weighted by atomic mass is 9.94. The van der Waals surface area contributed by atoms with Crippen LogP contribution in [0.3, 0.4) is 0 Å². The number of amides is 1. The molecule has 1 fully saturated rings. The van der Waals surface area contributed by atoms with Gasteiger partial charge in [-0.3, -0.25) is 4.79 Å². The second-order valence-electron chi connectivity index (χ2n) is 6.49. The van der Waals surface area contributed by atoms with E-state index >= 15 is 0 Å². The van der Waals surface area contributed by atoms with Gasteiger partial charge in [0.2, 0.25) is 5.91 Å². The summed E-state index contributed by atoms with van der Waals surface area (Å²) >= 11 is 0. The van der Waals surface area contributed by atoms with Gasteiger partial charge >= 0.3 is 0 Å². The molecule has 114 valence electrons. The summed E-state index contributed by atoms with van der Waals surface area (Å²) in [7, 11) is 0. The molecule has 0 spiro atoms. The molecule has 0 saturated carbocycles. The van der Waals surface area contributed by atoms with Crippen LogP contribution in [0.15, 0.2) is 18.2 Å². The molecular weight excluding hydrogens is 262 g/mol. The number of hydrogen-bond donors (Lipinski definition) is 1. The molecule has 3 rings (SSSR count). The highest BCUT2D eigenvalue weighted by Gasteiger charge is 2.23. The first-order valence-corrected chi connectivity index (χ1v) is 8.25. The average Bonchev–Trinajstić information content (AvgIpc) is 2.95. The Morgan fingerprint density at radius 1 is 1.24 bits per heavy atom. The van der Waals surface area contributed by atoms with E-state index in [0.717, 1.165) is 37.9 Å². The summed E-state index contributed by atoms with van der Waals surface area (Å²) in [6.45, 7) is 1.94. The van der Waals surface area contributed by atoms with Gasteiger partial charge in [0.15, 0.2) is 0 Å². The zero-order valence-electron chi connectivity index (χ0n) is 12.7. The maximum absolute atomic E-state index is 12.5. The Kier molecular flexibility index (Phi) is 4.59. The molecular formula is C18H25NO2. The maximum Gasteiger partial charge on any atom is 0.226 e. The number of rotatable bonds is 4. The smallest absolute Gasteiger partial charge is 0.226 e. The number of likely N-dealkylation sites (tertiary alicyclic amines) is 1. The van der Waals surface area contributed by atoms with Gasteiger partial charge in [-0.25, -0.2) is 0 Å². The van der Waals surface area contributed by atoms with Gasteiger partial charge in [-0.05, 0) is 61.1 Å². The largest absolute Gasteiger partial charge is 0.396 e. The molecule has 1 aliphatic heterocycles. The Morgan fingerprint density at radius 2 is 2.10 bits per heavy atom. The van der Waals surface area contributed by atoms with Gasteiger partial charge in [0.1, 0.15) is 0 Å². The first kappa shape index (κ1) is 14.6. The normalized spacial score (nSPS) is 21.4. The molecule has 21 heavy (non-hydrogen) atoms. The van der Waals surface area contributed by atoms with E-state index in [1.54, 1.807) is 0 Å². The van der Waals surface area contributed by atoms with Crippen LogP contribution >= 0.6 is 0 Å². The van der Waals surface area contributed by atoms with Gasteiger partial charge in [-0.1, -0.05) is 18.2 Å². The number of hydrogen-bond acceptors (Lipinski definition) is 2. The number of aryl methyl sites for hydroxylation is 2. The molecule has 1 unspecified atom stereocenters. The highest BCUT2D eigenvalue weighted by molar-refractivity contribution is 5.79. The number of carbonyl (C=O) groups is 1. The van der Waals surface area contributed by atoms with Crippen molar-refractivity contribution < 1.29 is 9.90 Å². The Bertz CT molecular complexity index is 510. The van der Waals surface area contributed by atoms with E-state index < -0.39 is 0 Å². The molecule has 1 saturated heterocycles. The van der Waals surface area contributed by atoms with Crippen LogP contribution in [0.1, 0.15) is 42.4 Å². The molecule has 1 aromatic rings. The van der Waals surface area contributed by atoms with Gasteiger partial charge in [0.25, 0.3) is 0 Å². The highest BCUT2D eigenvalue weighted by atomic mass is 16.3. The van der Waals surface area contributed by atoms with Crippen LogP contribution in [0.4, 0.5) is 0 Å². The summed E-state index contributed by atoms with van der Waals surface area (Å²) in [5, 5.41) is 9.06. The van der Waals surface area contributed by atoms with Crippen molar-refractivity contribution in [1.29, 1.82) is 0 Å². The van der Waals surface area contributed by atoms with Crippen molar-refractivity contribution >= 4 is 5.91 Å². The van der Waals surface area contributed by atoms with E-state index in [-0.39, 0.29) is 12.5 Å². The maximum atomic E-state index is 12.5. The van der Waals surface area contributed by atoms with Crippen LogP contribution in [0.25, 0.3) is 0 Å². The van der Waals surface area contributed by atoms with Crippen LogP contribution in [-0.4, -0.2) is 35.6 Å². The quantitative estimate of drug-likeness (QED) is 0.923. The van der Waals surface area contributed by atoms with E-state index in [4.69, 9.17) is 5.11 Å². The molecule has 0 aromatic heterocycles. The third-order valence-corrected chi connectivity index (χ3v) is 4.93. The van der Waals surface area contributed by atoms with E-state index in [1.807, 2.05) is 4.90 Å². The van der Waals surface area contributed by atoms with Crippen molar-refractivity contribution in [2.24, 2.45) is 5.92 Å². The molecule has 1 heterocycles. The molecule has 3 heteroatoms. The first-order valence-electron chi connectivity index (χ1n) is 8.25. The minimum Gasteiger partial charge on any atom is -0.396 e. The molecule has 1 atom stereocenters. The second kappa shape index (κ2) is 6.61. The SMILES string of the molecule is O=C(Cc1ccc2c(c1)CCC2)N1CCCC(CCO)C1. The fourth-order valence-corrected chi connectivity index (χ4v) is 3.73. The number of nitrogens with zero attached hydrogens (tertiary/aromatic N) is 1. The minimum absolute atomic E-state index is 0.234. The van der Waals surface area contributed by atoms with Crippen LogP contribution in [0.5, 0.6) is 0 Å². The second-order valence-corrected chi connectivity index (χ2v) is 6.49. The first-order chi connectivity index (χ1) is 10.3. The van der Waals surface area contributed by atoms with Gasteiger partial charge in [0, 0.05) is 19.7 Å². The minimum atomic E-state index is 0.234. The predicted molar refractivity (Wildman–Crippen MR) is 83.2 cm³/mol. The Labute approximate surface area is 127 Å². The number of carbonyl (C=O) groups excluding carboxylic acids is 1. The van der Waals surface area contributed by atoms with Gasteiger partial charge < -0.3 is 10.0 Å². The number of benzene rings is 1. The summed E-state index contributed by atoms with van der Waals surface area (Å²) < 4.78 is 0. The Hall–Kier alpha value is -1.35. The van der Waals surface area contributed by atoms with Crippen LogP contribution in [-0.2, 0) is 24.1 Å². The molecule has 3 nitrogen and oxygen atoms in total. The van der Waals surface area contributed by atoms with Crippen LogP contribution < -0.4 is 0 Å². The molecule has 2 aliphatic rings. The summed E-state index contributed by atoms with van der Waals surface area (Å²) in [5.74, 6) is 0.725. The standard InChI is InChI=1S/C18H25NO2/c20-10-8-14-3-2-9-19(13-14)18(21)12-15-6-7-16-4-1-5-17(16)11-15/h6-7,11,14,20H,1-5,8-10,12-13H2. The Morgan fingerprint density at radius 3 is 2.95 bits per heavy atom. The van der Waals surface area contributed by atoms with E-state index in [0.29, 0.717) is 12.3 Å². The average molecular weight is 287 g/mol. The zero-order chi connectivity index (χ0) is 14.7. The molecule has 0 bridgehead atoms. The molecule has 1 N–H and O–H groups in total. The van der Waals surface area contributed by atoms with Crippen molar-refractivity contribution in [3.63, 3.8) is 0 Å². The van der Waals surface area contributed by atoms with Crippen molar-refractivity contribution in [1.82, 2.24) is 4.90 Å². The van der Waals surface area contributed by atoms with Crippen LogP contribution in [0.2, 0.25) is 0 Å². The summed E-state index contributed by atoms with van der Waals surface area (Å²) in [5.41, 5.74) is 4.06. The van der Waals surface area contributed by atoms with Crippen molar-refractivity contribution in [2.45, 2.75) is 44.9 Å². The molecule has 1 amide bonds. The van der Waals surface area contributed by atoms with Gasteiger partial charge in [-0.2, -0.15) is 0 Å². The van der Waals surface area contributed by atoms with E-state index in [2.05, 4.69) is 18.2 Å². The highest BCUT2D eigenvalue weighted by Crippen LogP contribution is 2.24.